The third-order valence-corrected chi connectivity index (χ3v) is 1.44. The molecule has 1 fully saturated rings. The Morgan fingerprint density at radius 2 is 2.20 bits per heavy atom. The highest BCUT2D eigenvalue weighted by Crippen LogP contribution is 2.23. The van der Waals surface area contributed by atoms with Gasteiger partial charge in [-0.15, -0.1) is 5.10 Å². The van der Waals surface area contributed by atoms with E-state index in [9.17, 15) is 0 Å². The van der Waals surface area contributed by atoms with E-state index in [2.05, 4.69) is 10.5 Å². The minimum Gasteiger partial charge on any atom is -0.320 e. The number of nitrogens with one attached hydrogen (secondary N) is 1. The van der Waals surface area contributed by atoms with E-state index >= 15 is 0 Å². The van der Waals surface area contributed by atoms with Crippen molar-refractivity contribution in [2.45, 2.75) is 18.9 Å². The molecule has 0 atom stereocenters. The van der Waals surface area contributed by atoms with Crippen LogP contribution in [-0.2, 0) is 0 Å². The number of guanidine groups is 1. The number of nitrogens with two attached hydrogens (primary N) is 3. The summed E-state index contributed by atoms with van der Waals surface area (Å²) >= 11 is 0. The fourth-order valence-corrected chi connectivity index (χ4v) is 0.704. The molecule has 0 heterocycles. The molecule has 6 nitrogen and oxygen atoms in total. The zero-order chi connectivity index (χ0) is 7.56. The van der Waals surface area contributed by atoms with Crippen LogP contribution in [-0.4, -0.2) is 17.0 Å². The van der Waals surface area contributed by atoms with Crippen LogP contribution in [0.3, 0.4) is 0 Å². The smallest absolute Gasteiger partial charge is 0.244 e. The fourth-order valence-electron chi connectivity index (χ4n) is 0.704. The Morgan fingerprint density at radius 3 is 2.50 bits per heavy atom. The molecule has 0 aliphatic heterocycles. The molecule has 0 spiro atoms. The van der Waals surface area contributed by atoms with Gasteiger partial charge in [0.1, 0.15) is 0 Å². The molecule has 1 saturated carbocycles. The van der Waals surface area contributed by atoms with Crippen LogP contribution < -0.4 is 23.0 Å². The van der Waals surface area contributed by atoms with Gasteiger partial charge < -0.3 is 5.84 Å². The van der Waals surface area contributed by atoms with Crippen molar-refractivity contribution in [3.05, 3.63) is 0 Å². The topological polar surface area (TPSA) is 106 Å². The molecule has 0 aromatic heterocycles. The normalized spacial score (nSPS) is 18.8. The maximum Gasteiger partial charge on any atom is 0.244 e. The van der Waals surface area contributed by atoms with Crippen LogP contribution in [0.4, 0.5) is 0 Å². The molecule has 0 aromatic carbocycles. The van der Waals surface area contributed by atoms with Gasteiger partial charge in [-0.05, 0) is 12.8 Å². The number of nitrogens with zero attached hydrogens (tertiary/aromatic N) is 2. The molecule has 0 aromatic rings. The molecule has 7 N–H and O–H groups in total. The summed E-state index contributed by atoms with van der Waals surface area (Å²) in [4.78, 5) is 0. The van der Waals surface area contributed by atoms with Gasteiger partial charge in [0.05, 0.1) is 0 Å². The van der Waals surface area contributed by atoms with Crippen molar-refractivity contribution < 1.29 is 0 Å². The number of hydrazine groups is 2. The van der Waals surface area contributed by atoms with Gasteiger partial charge in [-0.3, -0.25) is 10.4 Å². The third-order valence-electron chi connectivity index (χ3n) is 1.44. The molecule has 10 heavy (non-hydrogen) atoms. The van der Waals surface area contributed by atoms with Gasteiger partial charge in [-0.1, -0.05) is 0 Å². The first-order valence-electron chi connectivity index (χ1n) is 3.08. The summed E-state index contributed by atoms with van der Waals surface area (Å²) in [7, 11) is 0. The molecule has 0 saturated heterocycles. The van der Waals surface area contributed by atoms with Crippen LogP contribution in [0.1, 0.15) is 12.8 Å². The molecule has 1 rings (SSSR count). The summed E-state index contributed by atoms with van der Waals surface area (Å²) in [6.07, 6.45) is 2.16. The van der Waals surface area contributed by atoms with Gasteiger partial charge in [-0.25, -0.2) is 11.7 Å². The summed E-state index contributed by atoms with van der Waals surface area (Å²) < 4.78 is 0. The summed E-state index contributed by atoms with van der Waals surface area (Å²) in [6, 6.07) is 0.360. The molecule has 1 aliphatic rings. The molecule has 0 amide bonds. The molecule has 6 heteroatoms. The van der Waals surface area contributed by atoms with E-state index < -0.39 is 0 Å². The van der Waals surface area contributed by atoms with Gasteiger partial charge in [-0.2, -0.15) is 0 Å². The minimum atomic E-state index is 0.322. The van der Waals surface area contributed by atoms with Crippen molar-refractivity contribution in [2.24, 2.45) is 22.6 Å². The van der Waals surface area contributed by atoms with Crippen LogP contribution in [0, 0.1) is 0 Å². The molecule has 1 aliphatic carbocycles. The van der Waals surface area contributed by atoms with E-state index in [0.29, 0.717) is 12.0 Å². The van der Waals surface area contributed by atoms with E-state index in [1.807, 2.05) is 0 Å². The Morgan fingerprint density at radius 1 is 1.60 bits per heavy atom. The highest BCUT2D eigenvalue weighted by Gasteiger charge is 2.29. The number of rotatable bonds is 1. The van der Waals surface area contributed by atoms with Crippen LogP contribution in [0.2, 0.25) is 0 Å². The van der Waals surface area contributed by atoms with E-state index in [-0.39, 0.29) is 0 Å². The van der Waals surface area contributed by atoms with Gasteiger partial charge in [0.15, 0.2) is 0 Å². The largest absolute Gasteiger partial charge is 0.320 e. The van der Waals surface area contributed by atoms with Gasteiger partial charge in [0.25, 0.3) is 0 Å². The van der Waals surface area contributed by atoms with E-state index in [1.54, 1.807) is 0 Å². The average Bonchev–Trinajstić information content (AvgIpc) is 2.71. The molecule has 0 radical (unpaired) electrons. The first-order chi connectivity index (χ1) is 4.79. The molecule has 58 valence electrons. The second-order valence-corrected chi connectivity index (χ2v) is 2.24. The lowest BCUT2D eigenvalue weighted by Crippen LogP contribution is -2.50. The van der Waals surface area contributed by atoms with Gasteiger partial charge in [0.2, 0.25) is 5.96 Å². The van der Waals surface area contributed by atoms with Crippen molar-refractivity contribution in [2.75, 3.05) is 0 Å². The average molecular weight is 144 g/mol. The lowest BCUT2D eigenvalue weighted by Gasteiger charge is -2.17. The maximum absolute atomic E-state index is 5.52. The van der Waals surface area contributed by atoms with Crippen molar-refractivity contribution >= 4 is 5.96 Å². The number of hydrogen-bond donors (Lipinski definition) is 4. The summed E-state index contributed by atoms with van der Waals surface area (Å²) in [5.74, 6) is 15.9. The lowest BCUT2D eigenvalue weighted by molar-refractivity contribution is 0.411. The minimum absolute atomic E-state index is 0.322. The number of hydrazone groups is 1. The second kappa shape index (κ2) is 2.72. The highest BCUT2D eigenvalue weighted by molar-refractivity contribution is 5.78. The summed E-state index contributed by atoms with van der Waals surface area (Å²) in [6.45, 7) is 0. The van der Waals surface area contributed by atoms with Crippen LogP contribution in [0.15, 0.2) is 5.10 Å². The summed E-state index contributed by atoms with van der Waals surface area (Å²) in [5.41, 5.74) is 2.30. The van der Waals surface area contributed by atoms with E-state index in [1.165, 1.54) is 5.01 Å². The van der Waals surface area contributed by atoms with E-state index in [4.69, 9.17) is 17.5 Å². The molecular formula is C4H12N6. The third kappa shape index (κ3) is 1.28. The highest BCUT2D eigenvalue weighted by atomic mass is 15.6. The first kappa shape index (κ1) is 7.10. The van der Waals surface area contributed by atoms with Crippen molar-refractivity contribution in [1.82, 2.24) is 10.4 Å². The van der Waals surface area contributed by atoms with Crippen molar-refractivity contribution in [3.63, 3.8) is 0 Å². The molecule has 0 unspecified atom stereocenters. The Bertz CT molecular complexity index is 139. The fraction of sp³-hybridized carbons (Fsp3) is 0.750. The molecular weight excluding hydrogens is 132 g/mol. The monoisotopic (exact) mass is 144 g/mol. The summed E-state index contributed by atoms with van der Waals surface area (Å²) in [5, 5.41) is 4.79. The van der Waals surface area contributed by atoms with E-state index in [0.717, 1.165) is 12.8 Å². The quantitative estimate of drug-likeness (QED) is 0.148. The lowest BCUT2D eigenvalue weighted by atomic mass is 10.6. The van der Waals surface area contributed by atoms with Crippen LogP contribution >= 0.6 is 0 Å². The van der Waals surface area contributed by atoms with Gasteiger partial charge in [0, 0.05) is 6.04 Å². The zero-order valence-electron chi connectivity index (χ0n) is 5.62. The Hall–Kier alpha value is -1.01. The zero-order valence-corrected chi connectivity index (χ0v) is 5.62. The molecule has 0 bridgehead atoms. The van der Waals surface area contributed by atoms with Crippen LogP contribution in [0.5, 0.6) is 0 Å². The maximum atomic E-state index is 5.52. The first-order valence-corrected chi connectivity index (χ1v) is 3.08. The van der Waals surface area contributed by atoms with Crippen molar-refractivity contribution in [3.8, 4) is 0 Å². The predicted molar refractivity (Wildman–Crippen MR) is 38.0 cm³/mol. The number of hydrogen-bond acceptors (Lipinski definition) is 4. The Labute approximate surface area is 59.0 Å². The SMILES string of the molecule is N/N=C(\NN)N(N)C1CC1. The Kier molecular flexibility index (Phi) is 1.93. The standard InChI is InChI=1S/C4H12N6/c5-8-4(9-6)10(7)3-1-2-3/h3H,1-2,5-7H2,(H,8,9). The predicted octanol–water partition coefficient (Wildman–Crippen LogP) is -1.98. The Balaban J connectivity index is 2.43. The van der Waals surface area contributed by atoms with Crippen LogP contribution in [0.25, 0.3) is 0 Å². The second-order valence-electron chi connectivity index (χ2n) is 2.24. The van der Waals surface area contributed by atoms with Gasteiger partial charge >= 0.3 is 0 Å². The van der Waals surface area contributed by atoms with Crippen molar-refractivity contribution in [1.29, 1.82) is 0 Å².